The smallest absolute Gasteiger partial charge is 0.309 e. The Hall–Kier alpha value is -1.58. The molecule has 1 N–H and O–H groups in total. The maximum atomic E-state index is 12.1. The average molecular weight is 335 g/mol. The van der Waals surface area contributed by atoms with E-state index >= 15 is 0 Å². The van der Waals surface area contributed by atoms with Crippen LogP contribution in [0.1, 0.15) is 65.7 Å². The third-order valence-corrected chi connectivity index (χ3v) is 4.76. The van der Waals surface area contributed by atoms with Gasteiger partial charge in [0, 0.05) is 11.6 Å². The van der Waals surface area contributed by atoms with Gasteiger partial charge in [-0.2, -0.15) is 5.10 Å². The molecule has 0 spiro atoms. The molecule has 0 saturated heterocycles. The van der Waals surface area contributed by atoms with Crippen LogP contribution in [0, 0.1) is 11.8 Å². The number of rotatable bonds is 10. The van der Waals surface area contributed by atoms with E-state index in [4.69, 9.17) is 4.74 Å². The molecule has 1 saturated carbocycles. The van der Waals surface area contributed by atoms with Crippen LogP contribution in [0.4, 0.5) is 0 Å². The monoisotopic (exact) mass is 334 g/mol. The molecule has 1 fully saturated rings. The number of carbonyl (C=O) groups excluding carboxylic acids is 1. The first kappa shape index (κ1) is 20.5. The molecule has 2 unspecified atom stereocenters. The van der Waals surface area contributed by atoms with E-state index in [2.05, 4.69) is 29.6 Å². The van der Waals surface area contributed by atoms with E-state index in [1.807, 2.05) is 19.9 Å². The van der Waals surface area contributed by atoms with Crippen molar-refractivity contribution in [1.29, 1.82) is 0 Å². The minimum absolute atomic E-state index is 0.0195. The van der Waals surface area contributed by atoms with Crippen molar-refractivity contribution in [3.8, 4) is 0 Å². The molecule has 0 aromatic carbocycles. The molecule has 4 heteroatoms. The summed E-state index contributed by atoms with van der Waals surface area (Å²) in [5.74, 6) is 0.134. The molecule has 0 bridgehead atoms. The Morgan fingerprint density at radius 3 is 2.75 bits per heavy atom. The molecule has 0 aliphatic heterocycles. The molecule has 0 aromatic heterocycles. The number of nitrogens with zero attached hydrogens (tertiary/aromatic N) is 1. The molecule has 0 heterocycles. The SMILES string of the molecule is C/C=C\C(=C/C)CN/N=C1/CCC(C(=O)OC)C1CCCCCC. The predicted octanol–water partition coefficient (Wildman–Crippen LogP) is 4.62. The summed E-state index contributed by atoms with van der Waals surface area (Å²) in [5.41, 5.74) is 5.54. The van der Waals surface area contributed by atoms with E-state index in [1.54, 1.807) is 0 Å². The van der Waals surface area contributed by atoms with Crippen LogP contribution in [-0.4, -0.2) is 25.3 Å². The number of unbranched alkanes of at least 4 members (excludes halogenated alkanes) is 3. The highest BCUT2D eigenvalue weighted by Crippen LogP contribution is 2.34. The Labute approximate surface area is 147 Å². The summed E-state index contributed by atoms with van der Waals surface area (Å²) in [6.45, 7) is 6.98. The van der Waals surface area contributed by atoms with Crippen molar-refractivity contribution in [2.45, 2.75) is 65.7 Å². The Bertz CT molecular complexity index is 466. The Balaban J connectivity index is 2.67. The van der Waals surface area contributed by atoms with E-state index in [0.717, 1.165) is 37.9 Å². The van der Waals surface area contributed by atoms with Crippen molar-refractivity contribution >= 4 is 11.7 Å². The van der Waals surface area contributed by atoms with Gasteiger partial charge in [0.2, 0.25) is 0 Å². The Morgan fingerprint density at radius 2 is 2.12 bits per heavy atom. The minimum Gasteiger partial charge on any atom is -0.469 e. The van der Waals surface area contributed by atoms with Crippen LogP contribution in [-0.2, 0) is 9.53 Å². The maximum absolute atomic E-state index is 12.1. The molecule has 1 rings (SSSR count). The third kappa shape index (κ3) is 6.50. The van der Waals surface area contributed by atoms with Crippen molar-refractivity contribution in [3.05, 3.63) is 23.8 Å². The van der Waals surface area contributed by atoms with E-state index in [1.165, 1.54) is 31.9 Å². The molecular formula is C20H34N2O2. The molecule has 136 valence electrons. The minimum atomic E-state index is -0.0799. The number of esters is 1. The van der Waals surface area contributed by atoms with Crippen molar-refractivity contribution in [3.63, 3.8) is 0 Å². The maximum Gasteiger partial charge on any atom is 0.309 e. The van der Waals surface area contributed by atoms with Gasteiger partial charge in [-0.1, -0.05) is 50.8 Å². The summed E-state index contributed by atoms with van der Waals surface area (Å²) in [6.07, 6.45) is 13.9. The van der Waals surface area contributed by atoms with Crippen molar-refractivity contribution < 1.29 is 9.53 Å². The second-order valence-electron chi connectivity index (χ2n) is 6.43. The van der Waals surface area contributed by atoms with Crippen LogP contribution in [0.3, 0.4) is 0 Å². The molecule has 0 amide bonds. The molecule has 1 aliphatic rings. The average Bonchev–Trinajstić information content (AvgIpc) is 3.00. The molecule has 0 radical (unpaired) electrons. The molecule has 2 atom stereocenters. The predicted molar refractivity (Wildman–Crippen MR) is 101 cm³/mol. The third-order valence-electron chi connectivity index (χ3n) is 4.76. The number of hydrogen-bond acceptors (Lipinski definition) is 4. The molecular weight excluding hydrogens is 300 g/mol. The second kappa shape index (κ2) is 11.9. The fraction of sp³-hybridized carbons (Fsp3) is 0.700. The zero-order chi connectivity index (χ0) is 17.8. The highest BCUT2D eigenvalue weighted by atomic mass is 16.5. The molecule has 0 aromatic rings. The molecule has 4 nitrogen and oxygen atoms in total. The topological polar surface area (TPSA) is 50.7 Å². The highest BCUT2D eigenvalue weighted by Gasteiger charge is 2.38. The number of nitrogens with one attached hydrogen (secondary N) is 1. The Kier molecular flexibility index (Phi) is 10.1. The van der Waals surface area contributed by atoms with Crippen molar-refractivity contribution in [1.82, 2.24) is 5.43 Å². The number of ether oxygens (including phenoxy) is 1. The first-order valence-electron chi connectivity index (χ1n) is 9.32. The lowest BCUT2D eigenvalue weighted by Gasteiger charge is -2.18. The highest BCUT2D eigenvalue weighted by molar-refractivity contribution is 5.93. The van der Waals surface area contributed by atoms with Crippen LogP contribution in [0.25, 0.3) is 0 Å². The fourth-order valence-corrected chi connectivity index (χ4v) is 3.36. The normalized spacial score (nSPS) is 23.2. The van der Waals surface area contributed by atoms with Crippen molar-refractivity contribution in [2.24, 2.45) is 16.9 Å². The summed E-state index contributed by atoms with van der Waals surface area (Å²) >= 11 is 0. The summed E-state index contributed by atoms with van der Waals surface area (Å²) in [7, 11) is 1.49. The lowest BCUT2D eigenvalue weighted by atomic mass is 9.89. The van der Waals surface area contributed by atoms with E-state index in [0.29, 0.717) is 0 Å². The fourth-order valence-electron chi connectivity index (χ4n) is 3.36. The van der Waals surface area contributed by atoms with Gasteiger partial charge >= 0.3 is 5.97 Å². The summed E-state index contributed by atoms with van der Waals surface area (Å²) in [6, 6.07) is 0. The van der Waals surface area contributed by atoms with Gasteiger partial charge in [-0.3, -0.25) is 4.79 Å². The molecule has 24 heavy (non-hydrogen) atoms. The zero-order valence-electron chi connectivity index (χ0n) is 15.8. The van der Waals surface area contributed by atoms with Gasteiger partial charge in [0.25, 0.3) is 0 Å². The number of hydrazone groups is 1. The molecule has 1 aliphatic carbocycles. The van der Waals surface area contributed by atoms with E-state index in [-0.39, 0.29) is 17.8 Å². The number of carbonyl (C=O) groups is 1. The van der Waals surface area contributed by atoms with Crippen molar-refractivity contribution in [2.75, 3.05) is 13.7 Å². The van der Waals surface area contributed by atoms with E-state index in [9.17, 15) is 4.79 Å². The van der Waals surface area contributed by atoms with Gasteiger partial charge in [0.1, 0.15) is 0 Å². The summed E-state index contributed by atoms with van der Waals surface area (Å²) in [5, 5.41) is 4.62. The number of allylic oxidation sites excluding steroid dienone is 2. The van der Waals surface area contributed by atoms with Gasteiger partial charge in [-0.25, -0.2) is 0 Å². The second-order valence-corrected chi connectivity index (χ2v) is 6.43. The van der Waals surface area contributed by atoms with E-state index < -0.39 is 0 Å². The first-order valence-corrected chi connectivity index (χ1v) is 9.32. The van der Waals surface area contributed by atoms with Gasteiger partial charge in [0.15, 0.2) is 0 Å². The number of methoxy groups -OCH3 is 1. The largest absolute Gasteiger partial charge is 0.469 e. The quantitative estimate of drug-likeness (QED) is 0.274. The van der Waals surface area contributed by atoms with Crippen LogP contribution >= 0.6 is 0 Å². The van der Waals surface area contributed by atoms with Gasteiger partial charge in [0.05, 0.1) is 19.6 Å². The van der Waals surface area contributed by atoms with Crippen LogP contribution in [0.5, 0.6) is 0 Å². The van der Waals surface area contributed by atoms with Crippen LogP contribution < -0.4 is 5.43 Å². The van der Waals surface area contributed by atoms with Crippen LogP contribution in [0.2, 0.25) is 0 Å². The standard InChI is InChI=1S/C20H34N2O2/c1-5-8-9-10-12-17-18(20(23)24-4)13-14-19(17)22-21-15-16(7-3)11-6-2/h6-7,11,17-18,21H,5,8-10,12-15H2,1-4H3/b11-6-,16-7+,22-19-. The van der Waals surface area contributed by atoms with Gasteiger partial charge in [-0.15, -0.1) is 0 Å². The summed E-state index contributed by atoms with van der Waals surface area (Å²) < 4.78 is 5.00. The lowest BCUT2D eigenvalue weighted by Crippen LogP contribution is -2.25. The number of hydrogen-bond donors (Lipinski definition) is 1. The lowest BCUT2D eigenvalue weighted by molar-refractivity contribution is -0.146. The van der Waals surface area contributed by atoms with Crippen LogP contribution in [0.15, 0.2) is 28.9 Å². The first-order chi connectivity index (χ1) is 11.7. The summed E-state index contributed by atoms with van der Waals surface area (Å²) in [4.78, 5) is 12.1. The zero-order valence-corrected chi connectivity index (χ0v) is 15.8. The Morgan fingerprint density at radius 1 is 1.33 bits per heavy atom. The van der Waals surface area contributed by atoms with Gasteiger partial charge in [-0.05, 0) is 38.7 Å². The van der Waals surface area contributed by atoms with Gasteiger partial charge < -0.3 is 10.2 Å².